The summed E-state index contributed by atoms with van der Waals surface area (Å²) in [5.41, 5.74) is 1.86. The van der Waals surface area contributed by atoms with Gasteiger partial charge in [-0.2, -0.15) is 0 Å². The molecule has 0 saturated carbocycles. The molecule has 0 amide bonds. The van der Waals surface area contributed by atoms with Crippen molar-refractivity contribution in [1.29, 1.82) is 0 Å². The van der Waals surface area contributed by atoms with Gasteiger partial charge in [0, 0.05) is 24.2 Å². The minimum Gasteiger partial charge on any atom is -0.345 e. The Labute approximate surface area is 95.1 Å². The molecular weight excluding hydrogens is 203 g/mol. The lowest BCUT2D eigenvalue weighted by molar-refractivity contribution is 0.625. The second kappa shape index (κ2) is 4.26. The smallest absolute Gasteiger partial charge is 0.147 e. The molecule has 1 unspecified atom stereocenters. The molecule has 1 heterocycles. The number of hydrogen-bond acceptors (Lipinski definition) is 1. The second-order valence-electron chi connectivity index (χ2n) is 4.02. The fraction of sp³-hybridized carbons (Fsp3) is 0.385. The molecule has 0 aliphatic rings. The molecule has 1 atom stereocenters. The summed E-state index contributed by atoms with van der Waals surface area (Å²) >= 11 is 0. The van der Waals surface area contributed by atoms with Gasteiger partial charge in [-0.15, -0.1) is 0 Å². The van der Waals surface area contributed by atoms with Crippen molar-refractivity contribution in [2.75, 3.05) is 7.05 Å². The monoisotopic (exact) mass is 220 g/mol. The fourth-order valence-electron chi connectivity index (χ4n) is 2.09. The van der Waals surface area contributed by atoms with E-state index in [-0.39, 0.29) is 11.9 Å². The van der Waals surface area contributed by atoms with Gasteiger partial charge in [0.05, 0.1) is 5.52 Å². The van der Waals surface area contributed by atoms with Gasteiger partial charge >= 0.3 is 0 Å². The summed E-state index contributed by atoms with van der Waals surface area (Å²) in [5, 5.41) is 4.20. The van der Waals surface area contributed by atoms with Crippen LogP contribution in [0, 0.1) is 5.82 Å². The molecule has 0 saturated heterocycles. The Bertz CT molecular complexity index is 502. The zero-order chi connectivity index (χ0) is 11.7. The third-order valence-corrected chi connectivity index (χ3v) is 3.12. The highest BCUT2D eigenvalue weighted by Gasteiger charge is 2.14. The minimum absolute atomic E-state index is 0.145. The molecule has 0 radical (unpaired) electrons. The first kappa shape index (κ1) is 11.1. The summed E-state index contributed by atoms with van der Waals surface area (Å²) in [6.45, 7) is 4.90. The fourth-order valence-corrected chi connectivity index (χ4v) is 2.09. The number of nitrogens with zero attached hydrogens (tertiary/aromatic N) is 1. The molecule has 2 nitrogen and oxygen atoms in total. The summed E-state index contributed by atoms with van der Waals surface area (Å²) in [5.74, 6) is -0.145. The maximum Gasteiger partial charge on any atom is 0.147 e. The quantitative estimate of drug-likeness (QED) is 0.841. The molecule has 16 heavy (non-hydrogen) atoms. The maximum absolute atomic E-state index is 13.8. The molecule has 0 fully saturated rings. The first-order chi connectivity index (χ1) is 7.69. The molecule has 3 heteroatoms. The van der Waals surface area contributed by atoms with Crippen LogP contribution in [0.5, 0.6) is 0 Å². The number of para-hydroxylation sites is 1. The van der Waals surface area contributed by atoms with E-state index in [2.05, 4.69) is 12.2 Å². The summed E-state index contributed by atoms with van der Waals surface area (Å²) in [6.07, 6.45) is 2.04. The highest BCUT2D eigenvalue weighted by molar-refractivity contribution is 5.85. The number of benzene rings is 1. The van der Waals surface area contributed by atoms with E-state index in [0.29, 0.717) is 5.52 Å². The zero-order valence-electron chi connectivity index (χ0n) is 9.92. The highest BCUT2D eigenvalue weighted by Crippen LogP contribution is 2.28. The summed E-state index contributed by atoms with van der Waals surface area (Å²) in [7, 11) is 1.92. The van der Waals surface area contributed by atoms with E-state index in [9.17, 15) is 4.39 Å². The predicted molar refractivity (Wildman–Crippen MR) is 65.0 cm³/mol. The van der Waals surface area contributed by atoms with Crippen molar-refractivity contribution >= 4 is 10.9 Å². The number of aromatic nitrogens is 1. The molecule has 86 valence electrons. The van der Waals surface area contributed by atoms with Crippen LogP contribution in [0.3, 0.4) is 0 Å². The summed E-state index contributed by atoms with van der Waals surface area (Å²) < 4.78 is 15.7. The summed E-state index contributed by atoms with van der Waals surface area (Å²) in [6, 6.07) is 5.50. The maximum atomic E-state index is 13.8. The van der Waals surface area contributed by atoms with Gasteiger partial charge in [-0.1, -0.05) is 12.1 Å². The van der Waals surface area contributed by atoms with Crippen LogP contribution in [-0.4, -0.2) is 11.6 Å². The van der Waals surface area contributed by atoms with Crippen LogP contribution in [0.25, 0.3) is 10.9 Å². The van der Waals surface area contributed by atoms with Crippen molar-refractivity contribution in [1.82, 2.24) is 9.88 Å². The lowest BCUT2D eigenvalue weighted by Crippen LogP contribution is -2.11. The Balaban J connectivity index is 2.73. The third-order valence-electron chi connectivity index (χ3n) is 3.12. The number of fused-ring (bicyclic) bond motifs is 1. The average Bonchev–Trinajstić information content (AvgIpc) is 2.68. The molecule has 0 aliphatic heterocycles. The van der Waals surface area contributed by atoms with Crippen molar-refractivity contribution in [3.8, 4) is 0 Å². The van der Waals surface area contributed by atoms with Crippen molar-refractivity contribution in [3.05, 3.63) is 35.8 Å². The lowest BCUT2D eigenvalue weighted by atomic mass is 10.1. The molecule has 1 N–H and O–H groups in total. The first-order valence-electron chi connectivity index (χ1n) is 5.63. The van der Waals surface area contributed by atoms with E-state index in [4.69, 9.17) is 0 Å². The lowest BCUT2D eigenvalue weighted by Gasteiger charge is -2.08. The molecule has 0 bridgehead atoms. The van der Waals surface area contributed by atoms with Gasteiger partial charge in [-0.3, -0.25) is 0 Å². The van der Waals surface area contributed by atoms with E-state index < -0.39 is 0 Å². The van der Waals surface area contributed by atoms with Crippen LogP contribution in [0.15, 0.2) is 24.4 Å². The SMILES string of the molecule is CCn1cc(C(C)NC)c2cccc(F)c21. The Morgan fingerprint density at radius 1 is 1.44 bits per heavy atom. The Hall–Kier alpha value is -1.35. The number of aryl methyl sites for hydroxylation is 1. The predicted octanol–water partition coefficient (Wildman–Crippen LogP) is 3.08. The third kappa shape index (κ3) is 1.61. The van der Waals surface area contributed by atoms with E-state index in [1.807, 2.05) is 30.8 Å². The largest absolute Gasteiger partial charge is 0.345 e. The van der Waals surface area contributed by atoms with Crippen molar-refractivity contribution in [2.24, 2.45) is 0 Å². The van der Waals surface area contributed by atoms with E-state index in [1.165, 1.54) is 6.07 Å². The van der Waals surface area contributed by atoms with Crippen LogP contribution in [0.4, 0.5) is 4.39 Å². The van der Waals surface area contributed by atoms with Crippen LogP contribution >= 0.6 is 0 Å². The Kier molecular flexibility index (Phi) is 2.97. The van der Waals surface area contributed by atoms with E-state index in [1.54, 1.807) is 6.07 Å². The topological polar surface area (TPSA) is 17.0 Å². The molecule has 0 spiro atoms. The Morgan fingerprint density at radius 3 is 2.81 bits per heavy atom. The molecular formula is C13H17FN2. The van der Waals surface area contributed by atoms with Gasteiger partial charge in [0.15, 0.2) is 0 Å². The highest BCUT2D eigenvalue weighted by atomic mass is 19.1. The van der Waals surface area contributed by atoms with Gasteiger partial charge in [0.2, 0.25) is 0 Å². The van der Waals surface area contributed by atoms with Crippen molar-refractivity contribution in [3.63, 3.8) is 0 Å². The molecule has 0 aliphatic carbocycles. The van der Waals surface area contributed by atoms with Gasteiger partial charge in [-0.05, 0) is 32.5 Å². The van der Waals surface area contributed by atoms with Gasteiger partial charge < -0.3 is 9.88 Å². The zero-order valence-corrected chi connectivity index (χ0v) is 9.92. The van der Waals surface area contributed by atoms with Crippen molar-refractivity contribution < 1.29 is 4.39 Å². The minimum atomic E-state index is -0.145. The second-order valence-corrected chi connectivity index (χ2v) is 4.02. The molecule has 1 aromatic heterocycles. The van der Waals surface area contributed by atoms with E-state index in [0.717, 1.165) is 17.5 Å². The Morgan fingerprint density at radius 2 is 2.19 bits per heavy atom. The van der Waals surface area contributed by atoms with Crippen LogP contribution in [0.1, 0.15) is 25.5 Å². The number of nitrogens with one attached hydrogen (secondary N) is 1. The summed E-state index contributed by atoms with van der Waals surface area (Å²) in [4.78, 5) is 0. The average molecular weight is 220 g/mol. The van der Waals surface area contributed by atoms with Crippen molar-refractivity contribution in [2.45, 2.75) is 26.4 Å². The number of rotatable bonds is 3. The standard InChI is InChI=1S/C13H17FN2/c1-4-16-8-11(9(2)15-3)10-6-5-7-12(14)13(10)16/h5-9,15H,4H2,1-3H3. The number of halogens is 1. The van der Waals surface area contributed by atoms with E-state index >= 15 is 0 Å². The first-order valence-corrected chi connectivity index (χ1v) is 5.63. The normalized spacial score (nSPS) is 13.2. The van der Waals surface area contributed by atoms with Crippen LogP contribution in [-0.2, 0) is 6.54 Å². The molecule has 2 aromatic rings. The number of hydrogen-bond donors (Lipinski definition) is 1. The molecule has 2 rings (SSSR count). The van der Waals surface area contributed by atoms with Gasteiger partial charge in [0.1, 0.15) is 5.82 Å². The van der Waals surface area contributed by atoms with Crippen LogP contribution < -0.4 is 5.32 Å². The molecule has 1 aromatic carbocycles. The van der Waals surface area contributed by atoms with Gasteiger partial charge in [0.25, 0.3) is 0 Å². The van der Waals surface area contributed by atoms with Crippen LogP contribution in [0.2, 0.25) is 0 Å². The van der Waals surface area contributed by atoms with Gasteiger partial charge in [-0.25, -0.2) is 4.39 Å².